The van der Waals surface area contributed by atoms with Gasteiger partial charge in [0.05, 0.1) is 23.2 Å². The third-order valence-corrected chi connectivity index (χ3v) is 5.53. The van der Waals surface area contributed by atoms with Crippen molar-refractivity contribution in [2.75, 3.05) is 16.3 Å². The van der Waals surface area contributed by atoms with Crippen molar-refractivity contribution in [1.29, 1.82) is 0 Å². The number of para-hydroxylation sites is 1. The van der Waals surface area contributed by atoms with Crippen LogP contribution in [0, 0.1) is 0 Å². The van der Waals surface area contributed by atoms with Gasteiger partial charge in [-0.2, -0.15) is 0 Å². The number of carbonyl (C=O) groups excluding carboxylic acids is 3. The number of anilines is 2. The molecular formula is C24H18N2O3. The van der Waals surface area contributed by atoms with Crippen LogP contribution in [0.1, 0.15) is 31.8 Å². The Morgan fingerprint density at radius 3 is 2.10 bits per heavy atom. The lowest BCUT2D eigenvalue weighted by molar-refractivity contribution is -0.117. The number of carbonyl (C=O) groups is 3. The van der Waals surface area contributed by atoms with E-state index in [0.717, 1.165) is 17.7 Å². The number of fused-ring (bicyclic) bond motifs is 2. The molecule has 0 spiro atoms. The van der Waals surface area contributed by atoms with E-state index in [1.807, 2.05) is 23.1 Å². The van der Waals surface area contributed by atoms with E-state index in [9.17, 15) is 14.4 Å². The molecule has 5 rings (SSSR count). The van der Waals surface area contributed by atoms with E-state index in [1.54, 1.807) is 48.5 Å². The van der Waals surface area contributed by atoms with Gasteiger partial charge in [0.1, 0.15) is 0 Å². The molecule has 2 aliphatic heterocycles. The fourth-order valence-corrected chi connectivity index (χ4v) is 4.05. The van der Waals surface area contributed by atoms with Crippen LogP contribution in [-0.4, -0.2) is 24.3 Å². The van der Waals surface area contributed by atoms with Crippen LogP contribution >= 0.6 is 0 Å². The Labute approximate surface area is 168 Å². The summed E-state index contributed by atoms with van der Waals surface area (Å²) in [5.74, 6) is -0.588. The lowest BCUT2D eigenvalue weighted by atomic mass is 10.1. The normalized spacial score (nSPS) is 14.9. The largest absolute Gasteiger partial charge is 0.312 e. The summed E-state index contributed by atoms with van der Waals surface area (Å²) < 4.78 is 0. The van der Waals surface area contributed by atoms with Crippen molar-refractivity contribution >= 4 is 29.1 Å². The maximum Gasteiger partial charge on any atom is 0.266 e. The predicted octanol–water partition coefficient (Wildman–Crippen LogP) is 3.62. The van der Waals surface area contributed by atoms with E-state index in [1.165, 1.54) is 10.5 Å². The zero-order chi connectivity index (χ0) is 20.0. The maximum atomic E-state index is 12.8. The van der Waals surface area contributed by atoms with Crippen molar-refractivity contribution in [3.05, 3.63) is 95.1 Å². The van der Waals surface area contributed by atoms with Gasteiger partial charge in [0.2, 0.25) is 5.91 Å². The lowest BCUT2D eigenvalue weighted by Gasteiger charge is -2.18. The second-order valence-electron chi connectivity index (χ2n) is 7.26. The molecule has 2 aliphatic rings. The molecular weight excluding hydrogens is 364 g/mol. The van der Waals surface area contributed by atoms with Gasteiger partial charge >= 0.3 is 0 Å². The summed E-state index contributed by atoms with van der Waals surface area (Å²) in [6.07, 6.45) is 1.15. The topological polar surface area (TPSA) is 57.7 Å². The Hall–Kier alpha value is -3.73. The zero-order valence-electron chi connectivity index (χ0n) is 15.7. The summed E-state index contributed by atoms with van der Waals surface area (Å²) in [6, 6.07) is 21.9. The molecule has 0 aromatic heterocycles. The molecule has 3 aromatic rings. The van der Waals surface area contributed by atoms with Gasteiger partial charge in [0, 0.05) is 12.2 Å². The van der Waals surface area contributed by atoms with E-state index >= 15 is 0 Å². The Bertz CT molecular complexity index is 1120. The standard InChI is InChI=1S/C24H18N2O3/c27-22(25-14-13-17-5-1-4-8-21(17)25)15-16-9-11-18(12-10-16)26-23(28)19-6-2-3-7-20(19)24(26)29/h1-12H,13-15H2. The van der Waals surface area contributed by atoms with Gasteiger partial charge in [-0.15, -0.1) is 0 Å². The summed E-state index contributed by atoms with van der Waals surface area (Å²) in [5.41, 5.74) is 4.38. The van der Waals surface area contributed by atoms with E-state index in [0.29, 0.717) is 23.4 Å². The van der Waals surface area contributed by atoms with Crippen LogP contribution in [0.5, 0.6) is 0 Å². The second-order valence-corrected chi connectivity index (χ2v) is 7.26. The molecule has 3 aromatic carbocycles. The molecule has 142 valence electrons. The first kappa shape index (κ1) is 17.4. The fraction of sp³-hybridized carbons (Fsp3) is 0.125. The van der Waals surface area contributed by atoms with Crippen molar-refractivity contribution in [1.82, 2.24) is 0 Å². The van der Waals surface area contributed by atoms with Crippen molar-refractivity contribution < 1.29 is 14.4 Å². The summed E-state index contributed by atoms with van der Waals surface area (Å²) in [7, 11) is 0. The average molecular weight is 382 g/mol. The van der Waals surface area contributed by atoms with E-state index < -0.39 is 0 Å². The molecule has 29 heavy (non-hydrogen) atoms. The molecule has 0 N–H and O–H groups in total. The molecule has 0 bridgehead atoms. The number of imide groups is 1. The summed E-state index contributed by atoms with van der Waals surface area (Å²) >= 11 is 0. The van der Waals surface area contributed by atoms with Gasteiger partial charge in [-0.1, -0.05) is 42.5 Å². The van der Waals surface area contributed by atoms with Gasteiger partial charge in [0.25, 0.3) is 11.8 Å². The molecule has 0 fully saturated rings. The Kier molecular flexibility index (Phi) is 4.02. The van der Waals surface area contributed by atoms with Gasteiger partial charge in [0.15, 0.2) is 0 Å². The molecule has 0 unspecified atom stereocenters. The molecule has 0 atom stereocenters. The first-order valence-electron chi connectivity index (χ1n) is 9.58. The fourth-order valence-electron chi connectivity index (χ4n) is 4.05. The third kappa shape index (κ3) is 2.83. The molecule has 5 nitrogen and oxygen atoms in total. The number of nitrogens with zero attached hydrogens (tertiary/aromatic N) is 2. The number of hydrogen-bond donors (Lipinski definition) is 0. The molecule has 0 radical (unpaired) electrons. The van der Waals surface area contributed by atoms with Crippen LogP contribution in [0.25, 0.3) is 0 Å². The Morgan fingerprint density at radius 1 is 0.793 bits per heavy atom. The number of amides is 3. The predicted molar refractivity (Wildman–Crippen MR) is 110 cm³/mol. The molecule has 3 amide bonds. The first-order valence-corrected chi connectivity index (χ1v) is 9.58. The van der Waals surface area contributed by atoms with Crippen molar-refractivity contribution in [3.63, 3.8) is 0 Å². The van der Waals surface area contributed by atoms with Crippen LogP contribution in [0.2, 0.25) is 0 Å². The smallest absolute Gasteiger partial charge is 0.266 e. The molecule has 0 aliphatic carbocycles. The molecule has 0 saturated heterocycles. The number of rotatable bonds is 3. The summed E-state index contributed by atoms with van der Waals surface area (Å²) in [5, 5.41) is 0. The average Bonchev–Trinajstić information content (AvgIpc) is 3.29. The highest BCUT2D eigenvalue weighted by atomic mass is 16.2. The second kappa shape index (κ2) is 6.71. The van der Waals surface area contributed by atoms with Crippen LogP contribution in [0.4, 0.5) is 11.4 Å². The highest BCUT2D eigenvalue weighted by Gasteiger charge is 2.36. The first-order chi connectivity index (χ1) is 14.1. The lowest BCUT2D eigenvalue weighted by Crippen LogP contribution is -2.30. The van der Waals surface area contributed by atoms with E-state index in [4.69, 9.17) is 0 Å². The zero-order valence-corrected chi connectivity index (χ0v) is 15.7. The SMILES string of the molecule is O=C(Cc1ccc(N2C(=O)c3ccccc3C2=O)cc1)N1CCc2ccccc21. The Balaban J connectivity index is 1.34. The minimum atomic E-state index is -0.317. The highest BCUT2D eigenvalue weighted by Crippen LogP contribution is 2.30. The van der Waals surface area contributed by atoms with Crippen molar-refractivity contribution in [2.24, 2.45) is 0 Å². The van der Waals surface area contributed by atoms with Crippen LogP contribution in [0.15, 0.2) is 72.8 Å². The van der Waals surface area contributed by atoms with Crippen LogP contribution in [-0.2, 0) is 17.6 Å². The monoisotopic (exact) mass is 382 g/mol. The van der Waals surface area contributed by atoms with Gasteiger partial charge in [-0.3, -0.25) is 14.4 Å². The number of hydrogen-bond acceptors (Lipinski definition) is 3. The van der Waals surface area contributed by atoms with Crippen LogP contribution in [0.3, 0.4) is 0 Å². The summed E-state index contributed by atoms with van der Waals surface area (Å²) in [4.78, 5) is 41.0. The highest BCUT2D eigenvalue weighted by molar-refractivity contribution is 6.34. The van der Waals surface area contributed by atoms with Gasteiger partial charge < -0.3 is 4.90 Å². The minimum Gasteiger partial charge on any atom is -0.312 e. The van der Waals surface area contributed by atoms with E-state index in [-0.39, 0.29) is 24.1 Å². The van der Waals surface area contributed by atoms with Gasteiger partial charge in [-0.05, 0) is 47.9 Å². The maximum absolute atomic E-state index is 12.8. The molecule has 2 heterocycles. The minimum absolute atomic E-state index is 0.0448. The number of benzene rings is 3. The summed E-state index contributed by atoms with van der Waals surface area (Å²) in [6.45, 7) is 0.700. The Morgan fingerprint density at radius 2 is 1.41 bits per heavy atom. The third-order valence-electron chi connectivity index (χ3n) is 5.53. The quantitative estimate of drug-likeness (QED) is 0.650. The van der Waals surface area contributed by atoms with Crippen molar-refractivity contribution in [3.8, 4) is 0 Å². The van der Waals surface area contributed by atoms with E-state index in [2.05, 4.69) is 6.07 Å². The van der Waals surface area contributed by atoms with Gasteiger partial charge in [-0.25, -0.2) is 4.90 Å². The van der Waals surface area contributed by atoms with Crippen LogP contribution < -0.4 is 9.80 Å². The molecule has 0 saturated carbocycles. The molecule has 5 heteroatoms. The van der Waals surface area contributed by atoms with Crippen molar-refractivity contribution in [2.45, 2.75) is 12.8 Å².